The quantitative estimate of drug-likeness (QED) is 0.563. The van der Waals surface area contributed by atoms with Crippen LogP contribution in [0.15, 0.2) is 60.8 Å². The summed E-state index contributed by atoms with van der Waals surface area (Å²) < 4.78 is 5.38. The number of carbonyl (C=O) groups excluding carboxylic acids is 2. The van der Waals surface area contributed by atoms with Gasteiger partial charge in [0.1, 0.15) is 11.6 Å². The SMILES string of the molecule is CC(NC(=O)[C@H](Cc1c[nH]c2ccccc12)NC(=O)OC(C)(C)C)c1ccccc1. The number of ether oxygens (including phenoxy) is 1. The van der Waals surface area contributed by atoms with E-state index in [1.807, 2.05) is 67.7 Å². The number of amides is 2. The topological polar surface area (TPSA) is 83.2 Å². The fourth-order valence-corrected chi connectivity index (χ4v) is 3.32. The van der Waals surface area contributed by atoms with E-state index in [1.54, 1.807) is 20.8 Å². The number of rotatable bonds is 6. The van der Waals surface area contributed by atoms with Gasteiger partial charge in [-0.1, -0.05) is 48.5 Å². The zero-order chi connectivity index (χ0) is 21.7. The Morgan fingerprint density at radius 3 is 2.37 bits per heavy atom. The molecule has 6 heteroatoms. The molecule has 0 aliphatic heterocycles. The van der Waals surface area contributed by atoms with Gasteiger partial charge in [0.05, 0.1) is 6.04 Å². The number of benzene rings is 2. The van der Waals surface area contributed by atoms with Gasteiger partial charge in [0.2, 0.25) is 5.91 Å². The minimum atomic E-state index is -0.773. The van der Waals surface area contributed by atoms with E-state index in [1.165, 1.54) is 0 Å². The summed E-state index contributed by atoms with van der Waals surface area (Å²) >= 11 is 0. The van der Waals surface area contributed by atoms with Crippen molar-refractivity contribution in [3.05, 3.63) is 71.9 Å². The molecule has 0 saturated carbocycles. The number of alkyl carbamates (subject to hydrolysis) is 1. The van der Waals surface area contributed by atoms with Gasteiger partial charge in [0.15, 0.2) is 0 Å². The van der Waals surface area contributed by atoms with Crippen molar-refractivity contribution in [2.75, 3.05) is 0 Å². The molecule has 2 atom stereocenters. The summed E-state index contributed by atoms with van der Waals surface area (Å²) in [5.74, 6) is -0.262. The minimum Gasteiger partial charge on any atom is -0.444 e. The maximum absolute atomic E-state index is 13.1. The van der Waals surface area contributed by atoms with Crippen LogP contribution in [0.5, 0.6) is 0 Å². The van der Waals surface area contributed by atoms with Crippen LogP contribution in [0, 0.1) is 0 Å². The van der Waals surface area contributed by atoms with Gasteiger partial charge in [-0.25, -0.2) is 4.79 Å². The van der Waals surface area contributed by atoms with Crippen LogP contribution in [0.4, 0.5) is 4.79 Å². The molecular weight excluding hydrogens is 378 g/mol. The van der Waals surface area contributed by atoms with Gasteiger partial charge >= 0.3 is 6.09 Å². The number of fused-ring (bicyclic) bond motifs is 1. The second kappa shape index (κ2) is 9.03. The first kappa shape index (κ1) is 21.4. The molecule has 3 rings (SSSR count). The predicted octanol–water partition coefficient (Wildman–Crippen LogP) is 4.48. The molecule has 0 aliphatic carbocycles. The minimum absolute atomic E-state index is 0.190. The van der Waals surface area contributed by atoms with E-state index in [-0.39, 0.29) is 11.9 Å². The van der Waals surface area contributed by atoms with E-state index < -0.39 is 17.7 Å². The van der Waals surface area contributed by atoms with Gasteiger partial charge in [0, 0.05) is 23.5 Å². The highest BCUT2D eigenvalue weighted by Gasteiger charge is 2.26. The fourth-order valence-electron chi connectivity index (χ4n) is 3.32. The molecule has 0 fully saturated rings. The molecule has 0 saturated heterocycles. The summed E-state index contributed by atoms with van der Waals surface area (Å²) in [6, 6.07) is 16.6. The highest BCUT2D eigenvalue weighted by Crippen LogP contribution is 2.20. The number of hydrogen-bond acceptors (Lipinski definition) is 3. The van der Waals surface area contributed by atoms with Crippen molar-refractivity contribution in [1.82, 2.24) is 15.6 Å². The van der Waals surface area contributed by atoms with Crippen molar-refractivity contribution in [2.45, 2.75) is 51.8 Å². The molecule has 0 aliphatic rings. The third-order valence-corrected chi connectivity index (χ3v) is 4.76. The summed E-state index contributed by atoms with van der Waals surface area (Å²) in [5.41, 5.74) is 2.29. The van der Waals surface area contributed by atoms with Crippen molar-refractivity contribution in [3.63, 3.8) is 0 Å². The summed E-state index contributed by atoms with van der Waals surface area (Å²) in [4.78, 5) is 28.7. The molecule has 0 bridgehead atoms. The monoisotopic (exact) mass is 407 g/mol. The summed E-state index contributed by atoms with van der Waals surface area (Å²) in [6.07, 6.45) is 1.61. The largest absolute Gasteiger partial charge is 0.444 e. The fraction of sp³-hybridized carbons (Fsp3) is 0.333. The Morgan fingerprint density at radius 1 is 1.00 bits per heavy atom. The molecule has 3 N–H and O–H groups in total. The molecule has 0 radical (unpaired) electrons. The molecule has 1 unspecified atom stereocenters. The van der Waals surface area contributed by atoms with E-state index in [0.717, 1.165) is 22.0 Å². The normalized spacial score (nSPS) is 13.5. The van der Waals surface area contributed by atoms with Crippen LogP contribution in [0.3, 0.4) is 0 Å². The van der Waals surface area contributed by atoms with Gasteiger partial charge in [-0.3, -0.25) is 4.79 Å². The molecule has 2 amide bonds. The van der Waals surface area contributed by atoms with Crippen LogP contribution < -0.4 is 10.6 Å². The third-order valence-electron chi connectivity index (χ3n) is 4.76. The molecule has 3 aromatic rings. The number of aromatic nitrogens is 1. The molecule has 1 aromatic heterocycles. The second-order valence-corrected chi connectivity index (χ2v) is 8.40. The summed E-state index contributed by atoms with van der Waals surface area (Å²) in [5, 5.41) is 6.78. The maximum atomic E-state index is 13.1. The van der Waals surface area contributed by atoms with Crippen molar-refractivity contribution in [3.8, 4) is 0 Å². The third kappa shape index (κ3) is 5.63. The second-order valence-electron chi connectivity index (χ2n) is 8.40. The lowest BCUT2D eigenvalue weighted by molar-refractivity contribution is -0.123. The smallest absolute Gasteiger partial charge is 0.408 e. The zero-order valence-electron chi connectivity index (χ0n) is 17.9. The van der Waals surface area contributed by atoms with E-state index >= 15 is 0 Å². The molecule has 1 heterocycles. The molecule has 6 nitrogen and oxygen atoms in total. The van der Waals surface area contributed by atoms with Crippen LogP contribution in [0.2, 0.25) is 0 Å². The Hall–Kier alpha value is -3.28. The summed E-state index contributed by atoms with van der Waals surface area (Å²) in [6.45, 7) is 7.29. The van der Waals surface area contributed by atoms with Crippen molar-refractivity contribution in [1.29, 1.82) is 0 Å². The Kier molecular flexibility index (Phi) is 6.45. The maximum Gasteiger partial charge on any atom is 0.408 e. The number of H-pyrrole nitrogens is 1. The molecule has 0 spiro atoms. The first-order chi connectivity index (χ1) is 14.2. The summed E-state index contributed by atoms with van der Waals surface area (Å²) in [7, 11) is 0. The van der Waals surface area contributed by atoms with Crippen LogP contribution in [-0.4, -0.2) is 28.6 Å². The highest BCUT2D eigenvalue weighted by atomic mass is 16.6. The zero-order valence-corrected chi connectivity index (χ0v) is 17.9. The number of aromatic amines is 1. The Balaban J connectivity index is 1.79. The lowest BCUT2D eigenvalue weighted by Gasteiger charge is -2.24. The number of hydrogen-bond donors (Lipinski definition) is 3. The predicted molar refractivity (Wildman–Crippen MR) is 118 cm³/mol. The van der Waals surface area contributed by atoms with Gasteiger partial charge < -0.3 is 20.4 Å². The van der Waals surface area contributed by atoms with Crippen LogP contribution in [-0.2, 0) is 16.0 Å². The van der Waals surface area contributed by atoms with E-state index in [0.29, 0.717) is 6.42 Å². The van der Waals surface area contributed by atoms with Crippen molar-refractivity contribution in [2.24, 2.45) is 0 Å². The van der Waals surface area contributed by atoms with Gasteiger partial charge in [-0.2, -0.15) is 0 Å². The molecule has 158 valence electrons. The average molecular weight is 408 g/mol. The van der Waals surface area contributed by atoms with E-state index in [4.69, 9.17) is 4.74 Å². The van der Waals surface area contributed by atoms with Crippen molar-refractivity contribution >= 4 is 22.9 Å². The molecular formula is C24H29N3O3. The van der Waals surface area contributed by atoms with Crippen LogP contribution >= 0.6 is 0 Å². The first-order valence-electron chi connectivity index (χ1n) is 10.1. The van der Waals surface area contributed by atoms with Gasteiger partial charge in [0.25, 0.3) is 0 Å². The average Bonchev–Trinajstić information content (AvgIpc) is 3.09. The highest BCUT2D eigenvalue weighted by molar-refractivity contribution is 5.88. The molecule has 30 heavy (non-hydrogen) atoms. The Morgan fingerprint density at radius 2 is 1.67 bits per heavy atom. The van der Waals surface area contributed by atoms with Crippen molar-refractivity contribution < 1.29 is 14.3 Å². The van der Waals surface area contributed by atoms with Gasteiger partial charge in [-0.05, 0) is 44.9 Å². The Labute approximate surface area is 177 Å². The van der Waals surface area contributed by atoms with Crippen LogP contribution in [0.25, 0.3) is 10.9 Å². The van der Waals surface area contributed by atoms with E-state index in [2.05, 4.69) is 15.6 Å². The van der Waals surface area contributed by atoms with E-state index in [9.17, 15) is 9.59 Å². The first-order valence-corrected chi connectivity index (χ1v) is 10.1. The lowest BCUT2D eigenvalue weighted by atomic mass is 10.0. The standard InChI is InChI=1S/C24H29N3O3/c1-16(17-10-6-5-7-11-17)26-22(28)21(27-23(29)30-24(2,3)4)14-18-15-25-20-13-9-8-12-19(18)20/h5-13,15-16,21,25H,14H2,1-4H3,(H,26,28)(H,27,29)/t16?,21-/m0/s1. The number of para-hydroxylation sites is 1. The molecule has 2 aromatic carbocycles. The number of nitrogens with one attached hydrogen (secondary N) is 3. The number of carbonyl (C=O) groups is 2. The Bertz CT molecular complexity index is 1010. The van der Waals surface area contributed by atoms with Gasteiger partial charge in [-0.15, -0.1) is 0 Å². The van der Waals surface area contributed by atoms with Crippen LogP contribution in [0.1, 0.15) is 44.9 Å². The lowest BCUT2D eigenvalue weighted by Crippen LogP contribution is -2.49.